The standard InChI is InChI=1S/C12H18O3/c1-3-15-12(14)8-10-5-4-6-11(7-10)9(2)13/h4-5,10-11H,3,6-8H2,1-2H3/t10-,11-/m1/s1. The van der Waals surface area contributed by atoms with Crippen LogP contribution in [0.3, 0.4) is 0 Å². The fraction of sp³-hybridized carbons (Fsp3) is 0.667. The van der Waals surface area contributed by atoms with Gasteiger partial charge in [-0.3, -0.25) is 9.59 Å². The average Bonchev–Trinajstić information content (AvgIpc) is 2.18. The molecule has 3 heteroatoms. The summed E-state index contributed by atoms with van der Waals surface area (Å²) in [5.74, 6) is 0.311. The molecule has 2 atom stereocenters. The zero-order chi connectivity index (χ0) is 11.3. The maximum absolute atomic E-state index is 11.2. The molecule has 0 heterocycles. The fourth-order valence-corrected chi connectivity index (χ4v) is 1.89. The second kappa shape index (κ2) is 5.69. The van der Waals surface area contributed by atoms with Crippen molar-refractivity contribution in [2.24, 2.45) is 11.8 Å². The van der Waals surface area contributed by atoms with Crippen LogP contribution in [0.4, 0.5) is 0 Å². The quantitative estimate of drug-likeness (QED) is 0.527. The summed E-state index contributed by atoms with van der Waals surface area (Å²) in [6, 6.07) is 0. The van der Waals surface area contributed by atoms with Gasteiger partial charge in [0.2, 0.25) is 0 Å². The van der Waals surface area contributed by atoms with Gasteiger partial charge in [-0.2, -0.15) is 0 Å². The minimum atomic E-state index is -0.170. The molecule has 1 rings (SSSR count). The Morgan fingerprint density at radius 1 is 1.47 bits per heavy atom. The van der Waals surface area contributed by atoms with E-state index < -0.39 is 0 Å². The van der Waals surface area contributed by atoms with Crippen LogP contribution in [0.15, 0.2) is 12.2 Å². The first-order chi connectivity index (χ1) is 7.13. The Hall–Kier alpha value is -1.12. The van der Waals surface area contributed by atoms with Crippen molar-refractivity contribution in [2.75, 3.05) is 6.61 Å². The number of allylic oxidation sites excluding steroid dienone is 2. The van der Waals surface area contributed by atoms with Crippen LogP contribution in [0, 0.1) is 11.8 Å². The van der Waals surface area contributed by atoms with Gasteiger partial charge in [0.15, 0.2) is 0 Å². The van der Waals surface area contributed by atoms with Crippen LogP contribution < -0.4 is 0 Å². The lowest BCUT2D eigenvalue weighted by Gasteiger charge is -2.21. The highest BCUT2D eigenvalue weighted by molar-refractivity contribution is 5.78. The number of ether oxygens (including phenoxy) is 1. The van der Waals surface area contributed by atoms with E-state index in [9.17, 15) is 9.59 Å². The Kier molecular flexibility index (Phi) is 4.53. The molecule has 0 saturated heterocycles. The highest BCUT2D eigenvalue weighted by atomic mass is 16.5. The number of Topliss-reactive ketones (excluding diaryl/α,β-unsaturated/α-hetero) is 1. The second-order valence-electron chi connectivity index (χ2n) is 3.98. The minimum absolute atomic E-state index is 0.0921. The summed E-state index contributed by atoms with van der Waals surface area (Å²) in [6.07, 6.45) is 6.02. The molecule has 1 aliphatic carbocycles. The number of hydrogen-bond acceptors (Lipinski definition) is 3. The first kappa shape index (κ1) is 12.0. The molecule has 1 aliphatic rings. The Bertz CT molecular complexity index is 268. The van der Waals surface area contributed by atoms with Gasteiger partial charge in [-0.05, 0) is 32.6 Å². The first-order valence-electron chi connectivity index (χ1n) is 5.46. The zero-order valence-electron chi connectivity index (χ0n) is 9.36. The first-order valence-corrected chi connectivity index (χ1v) is 5.46. The number of esters is 1. The fourth-order valence-electron chi connectivity index (χ4n) is 1.89. The normalized spacial score (nSPS) is 24.9. The Balaban J connectivity index is 2.43. The van der Waals surface area contributed by atoms with E-state index in [0.717, 1.165) is 12.8 Å². The van der Waals surface area contributed by atoms with Crippen molar-refractivity contribution in [1.82, 2.24) is 0 Å². The van der Waals surface area contributed by atoms with Crippen molar-refractivity contribution < 1.29 is 14.3 Å². The van der Waals surface area contributed by atoms with Gasteiger partial charge in [0.05, 0.1) is 13.0 Å². The summed E-state index contributed by atoms with van der Waals surface area (Å²) in [6.45, 7) is 3.84. The molecular formula is C12H18O3. The molecule has 15 heavy (non-hydrogen) atoms. The summed E-state index contributed by atoms with van der Waals surface area (Å²) in [5.41, 5.74) is 0. The predicted molar refractivity (Wildman–Crippen MR) is 57.3 cm³/mol. The van der Waals surface area contributed by atoms with Crippen molar-refractivity contribution in [2.45, 2.75) is 33.1 Å². The number of carbonyl (C=O) groups is 2. The van der Waals surface area contributed by atoms with Gasteiger partial charge in [0.25, 0.3) is 0 Å². The van der Waals surface area contributed by atoms with E-state index in [1.54, 1.807) is 13.8 Å². The minimum Gasteiger partial charge on any atom is -0.466 e. The molecule has 0 spiro atoms. The van der Waals surface area contributed by atoms with Crippen LogP contribution in [0.25, 0.3) is 0 Å². The average molecular weight is 210 g/mol. The van der Waals surface area contributed by atoms with E-state index in [0.29, 0.717) is 13.0 Å². The van der Waals surface area contributed by atoms with Crippen molar-refractivity contribution >= 4 is 11.8 Å². The van der Waals surface area contributed by atoms with Crippen molar-refractivity contribution in [1.29, 1.82) is 0 Å². The molecule has 0 aromatic heterocycles. The molecule has 0 bridgehead atoms. The number of carbonyl (C=O) groups excluding carboxylic acids is 2. The number of hydrogen-bond donors (Lipinski definition) is 0. The molecule has 0 aromatic rings. The summed E-state index contributed by atoms with van der Waals surface area (Å²) >= 11 is 0. The summed E-state index contributed by atoms with van der Waals surface area (Å²) in [7, 11) is 0. The Morgan fingerprint density at radius 3 is 2.80 bits per heavy atom. The Morgan fingerprint density at radius 2 is 2.20 bits per heavy atom. The van der Waals surface area contributed by atoms with Crippen molar-refractivity contribution in [3.8, 4) is 0 Å². The highest BCUT2D eigenvalue weighted by Crippen LogP contribution is 2.26. The maximum Gasteiger partial charge on any atom is 0.306 e. The second-order valence-corrected chi connectivity index (χ2v) is 3.98. The molecule has 84 valence electrons. The van der Waals surface area contributed by atoms with Gasteiger partial charge in [0.1, 0.15) is 5.78 Å². The van der Waals surface area contributed by atoms with E-state index in [1.165, 1.54) is 0 Å². The summed E-state index contributed by atoms with van der Waals surface area (Å²) in [5, 5.41) is 0. The van der Waals surface area contributed by atoms with Gasteiger partial charge in [0, 0.05) is 5.92 Å². The SMILES string of the molecule is CCOC(=O)C[C@@H]1C=CC[C@@H](C(C)=O)C1. The van der Waals surface area contributed by atoms with Gasteiger partial charge < -0.3 is 4.74 Å². The van der Waals surface area contributed by atoms with E-state index in [1.807, 2.05) is 12.2 Å². The van der Waals surface area contributed by atoms with Crippen LogP contribution in [0.1, 0.15) is 33.1 Å². The zero-order valence-corrected chi connectivity index (χ0v) is 9.36. The smallest absolute Gasteiger partial charge is 0.306 e. The molecule has 0 aliphatic heterocycles. The molecular weight excluding hydrogens is 192 g/mol. The van der Waals surface area contributed by atoms with E-state index in [2.05, 4.69) is 0 Å². The topological polar surface area (TPSA) is 43.4 Å². The van der Waals surface area contributed by atoms with Crippen LogP contribution in [0.5, 0.6) is 0 Å². The van der Waals surface area contributed by atoms with Crippen molar-refractivity contribution in [3.05, 3.63) is 12.2 Å². The predicted octanol–water partition coefficient (Wildman–Crippen LogP) is 2.11. The lowest BCUT2D eigenvalue weighted by Crippen LogP contribution is -2.20. The molecule has 0 radical (unpaired) electrons. The number of ketones is 1. The highest BCUT2D eigenvalue weighted by Gasteiger charge is 2.23. The van der Waals surface area contributed by atoms with Gasteiger partial charge in [-0.25, -0.2) is 0 Å². The van der Waals surface area contributed by atoms with E-state index >= 15 is 0 Å². The van der Waals surface area contributed by atoms with Gasteiger partial charge in [-0.1, -0.05) is 12.2 Å². The lowest BCUT2D eigenvalue weighted by atomic mass is 9.83. The molecule has 0 amide bonds. The molecule has 3 nitrogen and oxygen atoms in total. The summed E-state index contributed by atoms with van der Waals surface area (Å²) in [4.78, 5) is 22.5. The lowest BCUT2D eigenvalue weighted by molar-refractivity contribution is -0.144. The van der Waals surface area contributed by atoms with E-state index in [4.69, 9.17) is 4.74 Å². The van der Waals surface area contributed by atoms with Crippen LogP contribution in [0.2, 0.25) is 0 Å². The van der Waals surface area contributed by atoms with Gasteiger partial charge in [-0.15, -0.1) is 0 Å². The molecule has 0 fully saturated rings. The maximum atomic E-state index is 11.2. The third-order valence-corrected chi connectivity index (χ3v) is 2.73. The third-order valence-electron chi connectivity index (χ3n) is 2.73. The molecule has 0 saturated carbocycles. The van der Waals surface area contributed by atoms with Crippen molar-refractivity contribution in [3.63, 3.8) is 0 Å². The van der Waals surface area contributed by atoms with Crippen LogP contribution in [-0.2, 0) is 14.3 Å². The van der Waals surface area contributed by atoms with Crippen LogP contribution >= 0.6 is 0 Å². The number of rotatable bonds is 4. The monoisotopic (exact) mass is 210 g/mol. The molecule has 0 N–H and O–H groups in total. The molecule has 0 aromatic carbocycles. The molecule has 0 unspecified atom stereocenters. The van der Waals surface area contributed by atoms with E-state index in [-0.39, 0.29) is 23.6 Å². The third kappa shape index (κ3) is 3.86. The van der Waals surface area contributed by atoms with Gasteiger partial charge >= 0.3 is 5.97 Å². The summed E-state index contributed by atoms with van der Waals surface area (Å²) < 4.78 is 4.88. The Labute approximate surface area is 90.5 Å². The largest absolute Gasteiger partial charge is 0.466 e. The van der Waals surface area contributed by atoms with Crippen LogP contribution in [-0.4, -0.2) is 18.4 Å².